The molecule has 0 radical (unpaired) electrons. The van der Waals surface area contributed by atoms with Crippen molar-refractivity contribution >= 4 is 5.97 Å². The standard InChI is InChI=1S/C27H48O7/c1-12-30-25(29)16(3)13-15(2)21-18(5)23(33-26(8,9)31-21)20(7)24-19(6)22(17(4)14-28)32-27(10,11)34-24/h13,15,17-24,28H,12,14H2,1-11H3/b16-13+/t15-,17+,18+,19+,20-,21-,22+,23+,24+/m0/s1. The Hall–Kier alpha value is -0.990. The van der Waals surface area contributed by atoms with Crippen LogP contribution in [0.15, 0.2) is 11.6 Å². The zero-order chi connectivity index (χ0) is 26.0. The number of carbonyl (C=O) groups is 1. The highest BCUT2D eigenvalue weighted by molar-refractivity contribution is 5.87. The first-order valence-electron chi connectivity index (χ1n) is 12.8. The van der Waals surface area contributed by atoms with Crippen molar-refractivity contribution in [3.05, 3.63) is 11.6 Å². The van der Waals surface area contributed by atoms with Gasteiger partial charge in [-0.05, 0) is 41.5 Å². The topological polar surface area (TPSA) is 83.5 Å². The quantitative estimate of drug-likeness (QED) is 0.395. The van der Waals surface area contributed by atoms with Crippen LogP contribution in [0, 0.1) is 29.6 Å². The molecule has 2 fully saturated rings. The van der Waals surface area contributed by atoms with Crippen molar-refractivity contribution in [2.45, 2.75) is 112 Å². The van der Waals surface area contributed by atoms with Crippen molar-refractivity contribution in [2.24, 2.45) is 29.6 Å². The Morgan fingerprint density at radius 3 is 1.82 bits per heavy atom. The largest absolute Gasteiger partial charge is 0.463 e. The summed E-state index contributed by atoms with van der Waals surface area (Å²) in [6.45, 7) is 22.3. The van der Waals surface area contributed by atoms with E-state index in [0.717, 1.165) is 0 Å². The molecule has 0 saturated carbocycles. The molecule has 9 atom stereocenters. The van der Waals surface area contributed by atoms with E-state index >= 15 is 0 Å². The maximum absolute atomic E-state index is 12.2. The smallest absolute Gasteiger partial charge is 0.333 e. The van der Waals surface area contributed by atoms with Gasteiger partial charge in [-0.1, -0.05) is 40.7 Å². The predicted octanol–water partition coefficient (Wildman–Crippen LogP) is 4.71. The molecular formula is C27H48O7. The fourth-order valence-electron chi connectivity index (χ4n) is 5.66. The number of esters is 1. The number of rotatable bonds is 8. The Morgan fingerprint density at radius 2 is 1.35 bits per heavy atom. The van der Waals surface area contributed by atoms with E-state index < -0.39 is 11.6 Å². The van der Waals surface area contributed by atoms with Gasteiger partial charge in [0.1, 0.15) is 0 Å². The molecule has 0 bridgehead atoms. The number of hydrogen-bond donors (Lipinski definition) is 1. The molecule has 0 amide bonds. The summed E-state index contributed by atoms with van der Waals surface area (Å²) >= 11 is 0. The van der Waals surface area contributed by atoms with Gasteiger partial charge in [0.05, 0.1) is 31.0 Å². The molecule has 0 spiro atoms. The number of aliphatic hydroxyl groups excluding tert-OH is 1. The first-order valence-corrected chi connectivity index (χ1v) is 12.8. The number of ether oxygens (including phenoxy) is 5. The first kappa shape index (κ1) is 29.2. The lowest BCUT2D eigenvalue weighted by Gasteiger charge is -2.53. The monoisotopic (exact) mass is 484 g/mol. The van der Waals surface area contributed by atoms with Crippen LogP contribution in [0.25, 0.3) is 0 Å². The fraction of sp³-hybridized carbons (Fsp3) is 0.889. The number of hydrogen-bond acceptors (Lipinski definition) is 7. The van der Waals surface area contributed by atoms with Gasteiger partial charge >= 0.3 is 5.97 Å². The van der Waals surface area contributed by atoms with E-state index in [1.165, 1.54) is 0 Å². The van der Waals surface area contributed by atoms with Crippen LogP contribution >= 0.6 is 0 Å². The third-order valence-corrected chi connectivity index (χ3v) is 7.27. The minimum atomic E-state index is -0.780. The Kier molecular flexibility index (Phi) is 9.79. The molecular weight excluding hydrogens is 436 g/mol. The van der Waals surface area contributed by atoms with Crippen molar-refractivity contribution < 1.29 is 33.6 Å². The lowest BCUT2D eigenvalue weighted by molar-refractivity contribution is -0.364. The Bertz CT molecular complexity index is 716. The third-order valence-electron chi connectivity index (χ3n) is 7.27. The van der Waals surface area contributed by atoms with Crippen LogP contribution in [0.3, 0.4) is 0 Å². The van der Waals surface area contributed by atoms with E-state index in [-0.39, 0.29) is 66.6 Å². The molecule has 2 saturated heterocycles. The SMILES string of the molecule is CCOC(=O)/C(C)=C/[C@H](C)[C@@H]1OC(C)(C)O[C@@H]([C@H](C)[C@@H]2OC(C)(C)O[C@H]([C@H](C)CO)[C@H]2C)[C@@H]1C. The molecule has 0 aliphatic carbocycles. The van der Waals surface area contributed by atoms with Crippen LogP contribution in [0.5, 0.6) is 0 Å². The molecule has 7 nitrogen and oxygen atoms in total. The lowest BCUT2D eigenvalue weighted by atomic mass is 9.75. The van der Waals surface area contributed by atoms with E-state index in [9.17, 15) is 9.90 Å². The van der Waals surface area contributed by atoms with E-state index in [0.29, 0.717) is 12.2 Å². The van der Waals surface area contributed by atoms with Crippen LogP contribution in [-0.2, 0) is 28.5 Å². The molecule has 2 aliphatic rings. The van der Waals surface area contributed by atoms with Gasteiger partial charge in [-0.25, -0.2) is 4.79 Å². The first-order chi connectivity index (χ1) is 15.6. The Balaban J connectivity index is 2.30. The molecule has 34 heavy (non-hydrogen) atoms. The zero-order valence-corrected chi connectivity index (χ0v) is 23.1. The second-order valence-corrected chi connectivity index (χ2v) is 11.3. The minimum Gasteiger partial charge on any atom is -0.463 e. The highest BCUT2D eigenvalue weighted by Crippen LogP contribution is 2.44. The van der Waals surface area contributed by atoms with E-state index in [1.807, 2.05) is 40.7 Å². The molecule has 0 aromatic rings. The summed E-state index contributed by atoms with van der Waals surface area (Å²) in [7, 11) is 0. The van der Waals surface area contributed by atoms with Gasteiger partial charge in [-0.3, -0.25) is 0 Å². The molecule has 1 N–H and O–H groups in total. The molecule has 2 aliphatic heterocycles. The summed E-state index contributed by atoms with van der Waals surface area (Å²) in [5.74, 6) is -1.66. The molecule has 7 heteroatoms. The van der Waals surface area contributed by atoms with Crippen LogP contribution in [0.4, 0.5) is 0 Å². The normalized spacial score (nSPS) is 36.4. The summed E-state index contributed by atoms with van der Waals surface area (Å²) in [5.41, 5.74) is 0.586. The van der Waals surface area contributed by atoms with Gasteiger partial charge < -0.3 is 28.8 Å². The summed E-state index contributed by atoms with van der Waals surface area (Å²) in [4.78, 5) is 12.2. The highest BCUT2D eigenvalue weighted by atomic mass is 16.7. The average molecular weight is 485 g/mol. The number of carbonyl (C=O) groups excluding carboxylic acids is 1. The summed E-state index contributed by atoms with van der Waals surface area (Å²) in [6, 6.07) is 0. The van der Waals surface area contributed by atoms with Gasteiger partial charge in [0, 0.05) is 41.8 Å². The van der Waals surface area contributed by atoms with Gasteiger partial charge in [0.15, 0.2) is 11.6 Å². The summed E-state index contributed by atoms with van der Waals surface area (Å²) in [5, 5.41) is 9.80. The average Bonchev–Trinajstić information content (AvgIpc) is 2.75. The van der Waals surface area contributed by atoms with Crippen molar-refractivity contribution in [1.82, 2.24) is 0 Å². The molecule has 198 valence electrons. The Labute approximate surface area is 206 Å². The van der Waals surface area contributed by atoms with Crippen LogP contribution in [-0.4, -0.2) is 60.3 Å². The van der Waals surface area contributed by atoms with Gasteiger partial charge in [0.2, 0.25) is 0 Å². The van der Waals surface area contributed by atoms with Crippen molar-refractivity contribution in [1.29, 1.82) is 0 Å². The molecule has 2 heterocycles. The highest BCUT2D eigenvalue weighted by Gasteiger charge is 2.51. The van der Waals surface area contributed by atoms with E-state index in [2.05, 4.69) is 27.7 Å². The van der Waals surface area contributed by atoms with Crippen LogP contribution in [0.2, 0.25) is 0 Å². The van der Waals surface area contributed by atoms with Crippen molar-refractivity contribution in [3.63, 3.8) is 0 Å². The predicted molar refractivity (Wildman–Crippen MR) is 131 cm³/mol. The maximum Gasteiger partial charge on any atom is 0.333 e. The molecule has 0 unspecified atom stereocenters. The molecule has 0 aromatic carbocycles. The Morgan fingerprint density at radius 1 is 0.912 bits per heavy atom. The van der Waals surface area contributed by atoms with E-state index in [4.69, 9.17) is 23.7 Å². The molecule has 2 rings (SSSR count). The fourth-order valence-corrected chi connectivity index (χ4v) is 5.66. The maximum atomic E-state index is 12.2. The summed E-state index contributed by atoms with van der Waals surface area (Å²) in [6.07, 6.45) is 1.44. The minimum absolute atomic E-state index is 0.00102. The van der Waals surface area contributed by atoms with Gasteiger partial charge in [-0.15, -0.1) is 0 Å². The second kappa shape index (κ2) is 11.4. The van der Waals surface area contributed by atoms with E-state index in [1.54, 1.807) is 13.8 Å². The van der Waals surface area contributed by atoms with Crippen LogP contribution in [0.1, 0.15) is 76.2 Å². The summed E-state index contributed by atoms with van der Waals surface area (Å²) < 4.78 is 30.7. The molecule has 0 aromatic heterocycles. The van der Waals surface area contributed by atoms with Gasteiger partial charge in [-0.2, -0.15) is 0 Å². The zero-order valence-electron chi connectivity index (χ0n) is 23.1. The lowest BCUT2D eigenvalue weighted by Crippen LogP contribution is -2.60. The van der Waals surface area contributed by atoms with Crippen LogP contribution < -0.4 is 0 Å². The number of aliphatic hydroxyl groups is 1. The third kappa shape index (κ3) is 6.82. The van der Waals surface area contributed by atoms with Crippen molar-refractivity contribution in [2.75, 3.05) is 13.2 Å². The van der Waals surface area contributed by atoms with Gasteiger partial charge in [0.25, 0.3) is 0 Å². The second-order valence-electron chi connectivity index (χ2n) is 11.3. The van der Waals surface area contributed by atoms with Crippen molar-refractivity contribution in [3.8, 4) is 0 Å².